The average molecular weight is 511 g/mol. The molecule has 0 radical (unpaired) electrons. The molecular weight excluding hydrogens is 473 g/mol. The van der Waals surface area contributed by atoms with E-state index in [0.717, 1.165) is 51.1 Å². The quantitative estimate of drug-likeness (QED) is 0.283. The fourth-order valence-electron chi connectivity index (χ4n) is 4.81. The molecule has 35 heavy (non-hydrogen) atoms. The summed E-state index contributed by atoms with van der Waals surface area (Å²) < 4.78 is 26.9. The molecular formula is C25H37F2N4O3P. The van der Waals surface area contributed by atoms with Gasteiger partial charge in [0, 0.05) is 42.4 Å². The molecule has 1 aliphatic carbocycles. The number of carbonyl (C=O) groups excluding carboxylic acids is 1. The van der Waals surface area contributed by atoms with Gasteiger partial charge in [-0.2, -0.15) is 8.78 Å². The maximum Gasteiger partial charge on any atom is 0.284 e. The molecule has 2 fully saturated rings. The van der Waals surface area contributed by atoms with E-state index in [1.807, 2.05) is 4.90 Å². The highest BCUT2D eigenvalue weighted by Crippen LogP contribution is 2.38. The second-order valence-corrected chi connectivity index (χ2v) is 10.5. The van der Waals surface area contributed by atoms with Crippen molar-refractivity contribution in [1.29, 1.82) is 0 Å². The Morgan fingerprint density at radius 3 is 2.57 bits per heavy atom. The third kappa shape index (κ3) is 7.55. The van der Waals surface area contributed by atoms with E-state index >= 15 is 0 Å². The molecule has 0 aromatic heterocycles. The van der Waals surface area contributed by atoms with E-state index in [9.17, 15) is 23.8 Å². The first-order valence-electron chi connectivity index (χ1n) is 12.1. The Kier molecular flexibility index (Phi) is 9.00. The van der Waals surface area contributed by atoms with Crippen molar-refractivity contribution in [3.8, 4) is 5.75 Å². The highest BCUT2D eigenvalue weighted by atomic mass is 31.0. The maximum atomic E-state index is 13.5. The van der Waals surface area contributed by atoms with Crippen LogP contribution in [0.4, 0.5) is 8.78 Å². The molecule has 7 N–H and O–H groups in total. The van der Waals surface area contributed by atoms with Crippen LogP contribution in [0.1, 0.15) is 63.0 Å². The summed E-state index contributed by atoms with van der Waals surface area (Å²) in [5.41, 5.74) is 9.92. The summed E-state index contributed by atoms with van der Waals surface area (Å²) in [6.07, 6.45) is 7.00. The lowest BCUT2D eigenvalue weighted by Gasteiger charge is -2.35. The first-order valence-corrected chi connectivity index (χ1v) is 12.7. The van der Waals surface area contributed by atoms with Gasteiger partial charge < -0.3 is 31.9 Å². The Hall–Kier alpha value is -2.38. The van der Waals surface area contributed by atoms with E-state index in [0.29, 0.717) is 30.3 Å². The van der Waals surface area contributed by atoms with Crippen molar-refractivity contribution in [3.63, 3.8) is 0 Å². The molecule has 7 nitrogen and oxygen atoms in total. The molecule has 1 amide bonds. The van der Waals surface area contributed by atoms with Gasteiger partial charge in [0.2, 0.25) is 5.91 Å². The number of halogens is 2. The molecule has 194 valence electrons. The second-order valence-electron chi connectivity index (χ2n) is 9.75. The molecule has 10 heteroatoms. The van der Waals surface area contributed by atoms with Gasteiger partial charge in [0.25, 0.3) is 5.66 Å². The molecule has 1 saturated heterocycles. The minimum absolute atomic E-state index is 0.00289. The van der Waals surface area contributed by atoms with Crippen LogP contribution in [0.25, 0.3) is 5.70 Å². The highest BCUT2D eigenvalue weighted by molar-refractivity contribution is 7.17. The summed E-state index contributed by atoms with van der Waals surface area (Å²) in [5.74, 6) is 0.525. The predicted molar refractivity (Wildman–Crippen MR) is 136 cm³/mol. The maximum absolute atomic E-state index is 13.5. The van der Waals surface area contributed by atoms with Crippen molar-refractivity contribution in [3.05, 3.63) is 46.8 Å². The minimum Gasteiger partial charge on any atom is -0.507 e. The van der Waals surface area contributed by atoms with Gasteiger partial charge in [0.1, 0.15) is 5.75 Å². The number of amides is 1. The van der Waals surface area contributed by atoms with Crippen LogP contribution in [0.15, 0.2) is 35.7 Å². The smallest absolute Gasteiger partial charge is 0.284 e. The van der Waals surface area contributed by atoms with Crippen molar-refractivity contribution >= 4 is 20.8 Å². The van der Waals surface area contributed by atoms with Crippen LogP contribution >= 0.6 is 9.24 Å². The van der Waals surface area contributed by atoms with Crippen LogP contribution in [0.3, 0.4) is 0 Å². The van der Waals surface area contributed by atoms with E-state index in [1.54, 1.807) is 13.0 Å². The summed E-state index contributed by atoms with van der Waals surface area (Å²) in [5, 5.41) is 23.1. The van der Waals surface area contributed by atoms with Gasteiger partial charge in [-0.1, -0.05) is 15.3 Å². The van der Waals surface area contributed by atoms with Crippen molar-refractivity contribution in [2.45, 2.75) is 69.7 Å². The van der Waals surface area contributed by atoms with Crippen LogP contribution in [0.5, 0.6) is 5.75 Å². The van der Waals surface area contributed by atoms with Gasteiger partial charge in [-0.15, -0.1) is 0 Å². The van der Waals surface area contributed by atoms with Crippen molar-refractivity contribution in [1.82, 2.24) is 10.2 Å². The molecule has 1 heterocycles. The van der Waals surface area contributed by atoms with Crippen molar-refractivity contribution in [2.24, 2.45) is 17.4 Å². The Labute approximate surface area is 207 Å². The number of rotatable bonds is 7. The number of phenolic OH excluding ortho intramolecular Hbond substituents is 1. The monoisotopic (exact) mass is 510 g/mol. The molecule has 3 rings (SSSR count). The van der Waals surface area contributed by atoms with Crippen LogP contribution in [-0.2, 0) is 10.5 Å². The zero-order valence-corrected chi connectivity index (χ0v) is 21.3. The van der Waals surface area contributed by atoms with Crippen LogP contribution in [0, 0.1) is 5.92 Å². The topological polar surface area (TPSA) is 125 Å². The van der Waals surface area contributed by atoms with Gasteiger partial charge in [-0.05, 0) is 75.1 Å². The van der Waals surface area contributed by atoms with Crippen LogP contribution in [-0.4, -0.2) is 46.3 Å². The number of benzene rings is 1. The Bertz CT molecular complexity index is 972. The first-order chi connectivity index (χ1) is 16.4. The average Bonchev–Trinajstić information content (AvgIpc) is 2.79. The zero-order chi connectivity index (χ0) is 25.8. The summed E-state index contributed by atoms with van der Waals surface area (Å²) in [6.45, 7) is 3.01. The number of nitrogens with one attached hydrogen (secondary N) is 1. The van der Waals surface area contributed by atoms with Crippen molar-refractivity contribution in [2.75, 3.05) is 13.1 Å². The molecule has 2 unspecified atom stereocenters. The number of likely N-dealkylation sites (tertiary alicyclic amines) is 1. The molecule has 1 aromatic carbocycles. The largest absolute Gasteiger partial charge is 0.507 e. The fraction of sp³-hybridized carbons (Fsp3) is 0.560. The lowest BCUT2D eigenvalue weighted by molar-refractivity contribution is -0.134. The summed E-state index contributed by atoms with van der Waals surface area (Å²) >= 11 is 0. The fourth-order valence-corrected chi connectivity index (χ4v) is 4.99. The number of aliphatic hydroxyl groups is 1. The number of nitrogens with zero attached hydrogens (tertiary/aromatic N) is 1. The number of aliphatic hydroxyl groups excluding tert-OH is 1. The number of carbonyl (C=O) groups is 1. The van der Waals surface area contributed by atoms with E-state index in [1.165, 1.54) is 21.4 Å². The normalized spacial score (nSPS) is 24.7. The molecule has 1 aliphatic heterocycles. The van der Waals surface area contributed by atoms with Gasteiger partial charge in [-0.25, -0.2) is 0 Å². The van der Waals surface area contributed by atoms with E-state index in [4.69, 9.17) is 11.5 Å². The Balaban J connectivity index is 1.60. The molecule has 0 spiro atoms. The van der Waals surface area contributed by atoms with Gasteiger partial charge in [-0.3, -0.25) is 4.79 Å². The second kappa shape index (κ2) is 11.6. The zero-order valence-electron chi connectivity index (χ0n) is 20.1. The van der Waals surface area contributed by atoms with Gasteiger partial charge in [0.05, 0.1) is 11.9 Å². The van der Waals surface area contributed by atoms with Gasteiger partial charge >= 0.3 is 0 Å². The molecule has 2 aliphatic rings. The molecule has 1 saturated carbocycles. The van der Waals surface area contributed by atoms with E-state index < -0.39 is 5.66 Å². The Morgan fingerprint density at radius 2 is 1.94 bits per heavy atom. The number of hydrogen-bond donors (Lipinski definition) is 5. The lowest BCUT2D eigenvalue weighted by atomic mass is 9.85. The number of aromatic hydroxyl groups is 1. The molecule has 1 aromatic rings. The third-order valence-electron chi connectivity index (χ3n) is 6.89. The SMILES string of the molecule is CC(/C=C(\N)NC1CCCN(C(=O)CC2CCC(O)CC2)C1)=C(/N)c1ccc(C(F)(F)P)cc1O. The van der Waals surface area contributed by atoms with E-state index in [2.05, 4.69) is 5.32 Å². The standard InChI is InChI=1S/C25H37F2N4O3P/c1-15(24(29)20-9-6-17(13-21(20)33)25(26,27)35)11-22(28)30-18-3-2-10-31(14-18)23(34)12-16-4-7-19(32)8-5-16/h6,9,11,13,16,18-19,30,32-33H,2-5,7-8,10,12,14,28-29,35H2,1H3/b22-11+,24-15-. The summed E-state index contributed by atoms with van der Waals surface area (Å²) in [7, 11) is 1.44. The number of alkyl halides is 2. The van der Waals surface area contributed by atoms with Crippen molar-refractivity contribution < 1.29 is 23.8 Å². The minimum atomic E-state index is -3.15. The number of piperidine rings is 1. The predicted octanol–water partition coefficient (Wildman–Crippen LogP) is 3.33. The number of nitrogens with two attached hydrogens (primary N) is 2. The number of allylic oxidation sites excluding steroid dienone is 2. The summed E-state index contributed by atoms with van der Waals surface area (Å²) in [4.78, 5) is 14.7. The van der Waals surface area contributed by atoms with E-state index in [-0.39, 0.29) is 40.6 Å². The number of hydrogen-bond acceptors (Lipinski definition) is 6. The number of phenols is 1. The highest BCUT2D eigenvalue weighted by Gasteiger charge is 2.28. The van der Waals surface area contributed by atoms with Gasteiger partial charge in [0.15, 0.2) is 0 Å². The lowest BCUT2D eigenvalue weighted by Crippen LogP contribution is -2.49. The Morgan fingerprint density at radius 1 is 1.26 bits per heavy atom. The van der Waals surface area contributed by atoms with Crippen LogP contribution in [0.2, 0.25) is 0 Å². The third-order valence-corrected chi connectivity index (χ3v) is 7.23. The molecule has 0 bridgehead atoms. The molecule has 2 atom stereocenters. The van der Waals surface area contributed by atoms with Crippen LogP contribution < -0.4 is 16.8 Å². The first kappa shape index (κ1) is 27.2. The summed E-state index contributed by atoms with van der Waals surface area (Å²) in [6, 6.07) is 3.58.